The van der Waals surface area contributed by atoms with Gasteiger partial charge in [-0.3, -0.25) is 9.20 Å². The number of amides is 1. The van der Waals surface area contributed by atoms with Gasteiger partial charge in [-0.05, 0) is 49.7 Å². The van der Waals surface area contributed by atoms with Crippen molar-refractivity contribution in [2.75, 3.05) is 11.9 Å². The predicted octanol–water partition coefficient (Wildman–Crippen LogP) is 4.34. The van der Waals surface area contributed by atoms with E-state index in [1.165, 1.54) is 30.3 Å². The Balaban J connectivity index is 1.93. The van der Waals surface area contributed by atoms with Crippen LogP contribution >= 0.6 is 0 Å². The Bertz CT molecular complexity index is 1060. The number of pyridine rings is 1. The van der Waals surface area contributed by atoms with Gasteiger partial charge < -0.3 is 10.1 Å². The van der Waals surface area contributed by atoms with Gasteiger partial charge in [-0.1, -0.05) is 6.92 Å². The van der Waals surface area contributed by atoms with Crippen LogP contribution in [-0.2, 0) is 17.3 Å². The van der Waals surface area contributed by atoms with E-state index in [-0.39, 0.29) is 17.9 Å². The number of benzene rings is 1. The Hall–Kier alpha value is -3.36. The molecule has 0 aliphatic carbocycles. The smallest absolute Gasteiger partial charge is 0.417 e. The molecule has 0 fully saturated rings. The van der Waals surface area contributed by atoms with Gasteiger partial charge in [-0.2, -0.15) is 13.2 Å². The molecule has 2 heterocycles. The van der Waals surface area contributed by atoms with Crippen molar-refractivity contribution in [3.63, 3.8) is 0 Å². The van der Waals surface area contributed by atoms with Crippen molar-refractivity contribution in [1.29, 1.82) is 0 Å². The van der Waals surface area contributed by atoms with E-state index in [2.05, 4.69) is 10.3 Å². The van der Waals surface area contributed by atoms with Crippen molar-refractivity contribution in [3.8, 4) is 0 Å². The highest BCUT2D eigenvalue weighted by Crippen LogP contribution is 2.30. The summed E-state index contributed by atoms with van der Waals surface area (Å²) in [6.45, 7) is 3.70. The van der Waals surface area contributed by atoms with Crippen molar-refractivity contribution in [2.24, 2.45) is 0 Å². The number of esters is 1. The number of halogens is 3. The molecule has 6 nitrogen and oxygen atoms in total. The van der Waals surface area contributed by atoms with E-state index in [1.807, 2.05) is 0 Å². The third kappa shape index (κ3) is 4.23. The van der Waals surface area contributed by atoms with Crippen LogP contribution in [0.3, 0.4) is 0 Å². The normalized spacial score (nSPS) is 11.5. The Morgan fingerprint density at radius 1 is 1.10 bits per heavy atom. The highest BCUT2D eigenvalue weighted by molar-refractivity contribution is 6.04. The summed E-state index contributed by atoms with van der Waals surface area (Å²) in [6.07, 6.45) is -3.31. The summed E-state index contributed by atoms with van der Waals surface area (Å²) in [5.74, 6) is -1.09. The number of anilines is 1. The fourth-order valence-corrected chi connectivity index (χ4v) is 2.84. The molecule has 2 aromatic heterocycles. The first kappa shape index (κ1) is 20.4. The van der Waals surface area contributed by atoms with Crippen molar-refractivity contribution in [3.05, 3.63) is 65.1 Å². The van der Waals surface area contributed by atoms with Crippen LogP contribution in [0.15, 0.2) is 42.6 Å². The highest BCUT2D eigenvalue weighted by atomic mass is 19.4. The van der Waals surface area contributed by atoms with Crippen LogP contribution in [-0.4, -0.2) is 27.9 Å². The quantitative estimate of drug-likeness (QED) is 0.641. The largest absolute Gasteiger partial charge is 0.462 e. The third-order valence-corrected chi connectivity index (χ3v) is 4.22. The summed E-state index contributed by atoms with van der Waals surface area (Å²) < 4.78 is 45.2. The van der Waals surface area contributed by atoms with Crippen LogP contribution in [0, 0.1) is 0 Å². The van der Waals surface area contributed by atoms with Gasteiger partial charge in [0.05, 0.1) is 23.4 Å². The lowest BCUT2D eigenvalue weighted by molar-refractivity contribution is -0.137. The van der Waals surface area contributed by atoms with Gasteiger partial charge in [0.15, 0.2) is 0 Å². The van der Waals surface area contributed by atoms with Crippen LogP contribution in [0.2, 0.25) is 0 Å². The lowest BCUT2D eigenvalue weighted by atomic mass is 10.2. The SMILES string of the molecule is CCOC(=O)c1ccc(NC(=O)c2c(CC)nc3ccc(C(F)(F)F)cn23)cc1. The maximum absolute atomic E-state index is 13.1. The zero-order chi connectivity index (χ0) is 21.2. The topological polar surface area (TPSA) is 72.7 Å². The number of carbonyl (C=O) groups is 2. The average molecular weight is 405 g/mol. The number of carbonyl (C=O) groups excluding carboxylic acids is 2. The standard InChI is InChI=1S/C20H18F3N3O3/c1-3-15-17(26-11-13(20(21,22)23)7-10-16(26)25-15)18(27)24-14-8-5-12(6-9-14)19(28)29-4-2/h5-11H,3-4H2,1-2H3,(H,24,27). The van der Waals surface area contributed by atoms with Crippen molar-refractivity contribution in [1.82, 2.24) is 9.38 Å². The molecule has 3 aromatic rings. The number of alkyl halides is 3. The first-order valence-corrected chi connectivity index (χ1v) is 8.91. The number of aryl methyl sites for hydroxylation is 1. The lowest BCUT2D eigenvalue weighted by Crippen LogP contribution is -2.17. The number of nitrogens with zero attached hydrogens (tertiary/aromatic N) is 2. The summed E-state index contributed by atoms with van der Waals surface area (Å²) >= 11 is 0. The van der Waals surface area contributed by atoms with Crippen LogP contribution in [0.25, 0.3) is 5.65 Å². The molecule has 0 spiro atoms. The number of hydrogen-bond acceptors (Lipinski definition) is 4. The van der Waals surface area contributed by atoms with E-state index >= 15 is 0 Å². The van der Waals surface area contributed by atoms with E-state index in [9.17, 15) is 22.8 Å². The summed E-state index contributed by atoms with van der Waals surface area (Å²) in [6, 6.07) is 8.17. The Kier molecular flexibility index (Phi) is 5.58. The van der Waals surface area contributed by atoms with E-state index in [0.717, 1.165) is 16.7 Å². The van der Waals surface area contributed by atoms with E-state index in [0.29, 0.717) is 23.4 Å². The average Bonchev–Trinajstić information content (AvgIpc) is 3.06. The predicted molar refractivity (Wildman–Crippen MR) is 99.9 cm³/mol. The Morgan fingerprint density at radius 3 is 2.38 bits per heavy atom. The van der Waals surface area contributed by atoms with Crippen LogP contribution < -0.4 is 5.32 Å². The van der Waals surface area contributed by atoms with Gasteiger partial charge in [0, 0.05) is 11.9 Å². The van der Waals surface area contributed by atoms with Crippen molar-refractivity contribution in [2.45, 2.75) is 26.4 Å². The minimum atomic E-state index is -4.54. The molecule has 1 aromatic carbocycles. The second-order valence-electron chi connectivity index (χ2n) is 6.16. The molecule has 9 heteroatoms. The summed E-state index contributed by atoms with van der Waals surface area (Å²) in [5.41, 5.74) is 0.485. The van der Waals surface area contributed by atoms with Gasteiger partial charge in [-0.25, -0.2) is 9.78 Å². The number of ether oxygens (including phenoxy) is 1. The highest BCUT2D eigenvalue weighted by Gasteiger charge is 2.31. The number of fused-ring (bicyclic) bond motifs is 1. The zero-order valence-electron chi connectivity index (χ0n) is 15.7. The molecule has 0 aliphatic heterocycles. The lowest BCUT2D eigenvalue weighted by Gasteiger charge is -2.10. The second kappa shape index (κ2) is 7.94. The monoisotopic (exact) mass is 405 g/mol. The van der Waals surface area contributed by atoms with Gasteiger partial charge in [0.25, 0.3) is 5.91 Å². The molecule has 1 N–H and O–H groups in total. The molecule has 0 unspecified atom stereocenters. The molecule has 152 valence electrons. The molecule has 0 saturated carbocycles. The number of aromatic nitrogens is 2. The maximum Gasteiger partial charge on any atom is 0.417 e. The molecular weight excluding hydrogens is 387 g/mol. The molecule has 0 radical (unpaired) electrons. The molecule has 29 heavy (non-hydrogen) atoms. The van der Waals surface area contributed by atoms with Crippen LogP contribution in [0.1, 0.15) is 46.0 Å². The fourth-order valence-electron chi connectivity index (χ4n) is 2.84. The first-order chi connectivity index (χ1) is 13.7. The Morgan fingerprint density at radius 2 is 1.79 bits per heavy atom. The molecule has 3 rings (SSSR count). The molecule has 0 atom stereocenters. The summed E-state index contributed by atoms with van der Waals surface area (Å²) in [5, 5.41) is 2.63. The molecular formula is C20H18F3N3O3. The van der Waals surface area contributed by atoms with Gasteiger partial charge in [0.2, 0.25) is 0 Å². The number of rotatable bonds is 5. The molecule has 0 bridgehead atoms. The molecule has 0 saturated heterocycles. The zero-order valence-corrected chi connectivity index (χ0v) is 15.7. The van der Waals surface area contributed by atoms with E-state index in [1.54, 1.807) is 13.8 Å². The van der Waals surface area contributed by atoms with Crippen LogP contribution in [0.4, 0.5) is 18.9 Å². The van der Waals surface area contributed by atoms with Gasteiger partial charge in [-0.15, -0.1) is 0 Å². The summed E-state index contributed by atoms with van der Waals surface area (Å²) in [4.78, 5) is 28.7. The summed E-state index contributed by atoms with van der Waals surface area (Å²) in [7, 11) is 0. The van der Waals surface area contributed by atoms with E-state index in [4.69, 9.17) is 4.74 Å². The van der Waals surface area contributed by atoms with Crippen LogP contribution in [0.5, 0.6) is 0 Å². The third-order valence-electron chi connectivity index (χ3n) is 4.22. The minimum absolute atomic E-state index is 0.0306. The molecule has 0 aliphatic rings. The van der Waals surface area contributed by atoms with Gasteiger partial charge >= 0.3 is 12.1 Å². The number of imidazole rings is 1. The molecule has 1 amide bonds. The minimum Gasteiger partial charge on any atom is -0.462 e. The fraction of sp³-hybridized carbons (Fsp3) is 0.250. The Labute approximate surface area is 164 Å². The van der Waals surface area contributed by atoms with Crippen molar-refractivity contribution >= 4 is 23.2 Å². The maximum atomic E-state index is 13.1. The van der Waals surface area contributed by atoms with E-state index < -0.39 is 23.6 Å². The van der Waals surface area contributed by atoms with Gasteiger partial charge in [0.1, 0.15) is 11.3 Å². The second-order valence-corrected chi connectivity index (χ2v) is 6.16. The first-order valence-electron chi connectivity index (χ1n) is 8.91. The number of nitrogens with one attached hydrogen (secondary N) is 1. The van der Waals surface area contributed by atoms with Crippen molar-refractivity contribution < 1.29 is 27.5 Å². The number of hydrogen-bond donors (Lipinski definition) is 1.